The van der Waals surface area contributed by atoms with Crippen LogP contribution in [0.3, 0.4) is 0 Å². The van der Waals surface area contributed by atoms with Gasteiger partial charge in [-0.05, 0) is 50.2 Å². The molecule has 1 aliphatic rings. The van der Waals surface area contributed by atoms with Gasteiger partial charge in [0, 0.05) is 35.4 Å². The molecule has 1 aromatic heterocycles. The molecule has 0 unspecified atom stereocenters. The molecule has 2 aromatic carbocycles. The Balaban J connectivity index is 1.58. The summed E-state index contributed by atoms with van der Waals surface area (Å²) in [7, 11) is 0. The van der Waals surface area contributed by atoms with Crippen molar-refractivity contribution in [1.29, 1.82) is 0 Å². The maximum atomic E-state index is 5.98. The standard InChI is InChI=1S/C21H22ClN3O/c22-18-10-8-17(9-11-18)20-16-21(26-23-20)25(19-6-2-1-3-7-19)15-14-24-12-4-5-13-24/h1-3,6-11,16H,4-5,12-15H2. The van der Waals surface area contributed by atoms with Crippen molar-refractivity contribution in [3.63, 3.8) is 0 Å². The van der Waals surface area contributed by atoms with Gasteiger partial charge in [-0.15, -0.1) is 0 Å². The van der Waals surface area contributed by atoms with Crippen LogP contribution in [0.4, 0.5) is 11.6 Å². The van der Waals surface area contributed by atoms with Crippen LogP contribution in [0, 0.1) is 0 Å². The maximum Gasteiger partial charge on any atom is 0.232 e. The Hall–Kier alpha value is -2.30. The molecule has 4 rings (SSSR count). The van der Waals surface area contributed by atoms with Crippen molar-refractivity contribution in [2.45, 2.75) is 12.8 Å². The minimum atomic E-state index is 0.717. The average Bonchev–Trinajstić information content (AvgIpc) is 3.36. The van der Waals surface area contributed by atoms with Crippen LogP contribution in [0.15, 0.2) is 65.2 Å². The van der Waals surface area contributed by atoms with Gasteiger partial charge in [-0.25, -0.2) is 0 Å². The van der Waals surface area contributed by atoms with E-state index in [1.807, 2.05) is 36.4 Å². The van der Waals surface area contributed by atoms with Crippen LogP contribution in [0.2, 0.25) is 5.02 Å². The van der Waals surface area contributed by atoms with Crippen molar-refractivity contribution in [1.82, 2.24) is 10.1 Å². The molecular formula is C21H22ClN3O. The summed E-state index contributed by atoms with van der Waals surface area (Å²) in [6.07, 6.45) is 2.60. The number of halogens is 1. The quantitative estimate of drug-likeness (QED) is 0.597. The topological polar surface area (TPSA) is 32.5 Å². The third-order valence-corrected chi connectivity index (χ3v) is 5.06. The normalized spacial score (nSPS) is 14.7. The third kappa shape index (κ3) is 3.92. The molecular weight excluding hydrogens is 346 g/mol. The Morgan fingerprint density at radius 3 is 2.46 bits per heavy atom. The zero-order chi connectivity index (χ0) is 17.8. The molecule has 0 radical (unpaired) electrons. The molecule has 0 spiro atoms. The Bertz CT molecular complexity index is 826. The van der Waals surface area contributed by atoms with Crippen molar-refractivity contribution in [3.05, 3.63) is 65.7 Å². The van der Waals surface area contributed by atoms with Crippen molar-refractivity contribution in [2.75, 3.05) is 31.1 Å². The van der Waals surface area contributed by atoms with Crippen molar-refractivity contribution >= 4 is 23.2 Å². The van der Waals surface area contributed by atoms with Gasteiger partial charge >= 0.3 is 0 Å². The van der Waals surface area contributed by atoms with Crippen LogP contribution < -0.4 is 4.90 Å². The van der Waals surface area contributed by atoms with Crippen molar-refractivity contribution < 1.29 is 4.52 Å². The molecule has 0 N–H and O–H groups in total. The fourth-order valence-electron chi connectivity index (χ4n) is 3.37. The predicted octanol–water partition coefficient (Wildman–Crippen LogP) is 5.23. The van der Waals surface area contributed by atoms with E-state index in [0.29, 0.717) is 5.02 Å². The second kappa shape index (κ2) is 7.94. The summed E-state index contributed by atoms with van der Waals surface area (Å²) in [5, 5.41) is 4.99. The second-order valence-electron chi connectivity index (χ2n) is 6.59. The van der Waals surface area contributed by atoms with Crippen LogP contribution in [0.1, 0.15) is 12.8 Å². The van der Waals surface area contributed by atoms with Crippen LogP contribution in [0.5, 0.6) is 0 Å². The minimum Gasteiger partial charge on any atom is -0.338 e. The van der Waals surface area contributed by atoms with Crippen molar-refractivity contribution in [3.8, 4) is 11.3 Å². The van der Waals surface area contributed by atoms with Crippen molar-refractivity contribution in [2.24, 2.45) is 0 Å². The van der Waals surface area contributed by atoms with Gasteiger partial charge in [0.05, 0.1) is 0 Å². The highest BCUT2D eigenvalue weighted by Gasteiger charge is 2.18. The number of rotatable bonds is 6. The van der Waals surface area contributed by atoms with E-state index in [2.05, 4.69) is 39.2 Å². The summed E-state index contributed by atoms with van der Waals surface area (Å²) in [5.74, 6) is 0.764. The monoisotopic (exact) mass is 367 g/mol. The lowest BCUT2D eigenvalue weighted by atomic mass is 10.1. The summed E-state index contributed by atoms with van der Waals surface area (Å²) >= 11 is 5.98. The molecule has 0 bridgehead atoms. The first-order valence-electron chi connectivity index (χ1n) is 9.07. The lowest BCUT2D eigenvalue weighted by Crippen LogP contribution is -2.30. The Labute approximate surface area is 159 Å². The van der Waals surface area contributed by atoms with E-state index in [9.17, 15) is 0 Å². The van der Waals surface area contributed by atoms with Gasteiger partial charge < -0.3 is 14.3 Å². The first-order chi connectivity index (χ1) is 12.8. The number of hydrogen-bond acceptors (Lipinski definition) is 4. The predicted molar refractivity (Wildman–Crippen MR) is 106 cm³/mol. The summed E-state index contributed by atoms with van der Waals surface area (Å²) in [6, 6.07) is 20.0. The molecule has 4 nitrogen and oxygen atoms in total. The van der Waals surface area contributed by atoms with E-state index in [1.54, 1.807) is 0 Å². The van der Waals surface area contributed by atoms with E-state index < -0.39 is 0 Å². The molecule has 0 aliphatic carbocycles. The lowest BCUT2D eigenvalue weighted by molar-refractivity contribution is 0.343. The summed E-state index contributed by atoms with van der Waals surface area (Å²) in [6.45, 7) is 4.27. The Morgan fingerprint density at radius 2 is 1.73 bits per heavy atom. The number of para-hydroxylation sites is 1. The molecule has 0 atom stereocenters. The molecule has 0 amide bonds. The molecule has 1 saturated heterocycles. The Morgan fingerprint density at radius 1 is 1.00 bits per heavy atom. The highest BCUT2D eigenvalue weighted by molar-refractivity contribution is 6.30. The van der Waals surface area contributed by atoms with E-state index in [-0.39, 0.29) is 0 Å². The molecule has 5 heteroatoms. The van der Waals surface area contributed by atoms with Gasteiger partial charge in [-0.3, -0.25) is 0 Å². The number of benzene rings is 2. The van der Waals surface area contributed by atoms with Gasteiger partial charge in [0.2, 0.25) is 5.88 Å². The zero-order valence-electron chi connectivity index (χ0n) is 14.6. The van der Waals surface area contributed by atoms with Gasteiger partial charge in [0.15, 0.2) is 0 Å². The first-order valence-corrected chi connectivity index (χ1v) is 9.45. The number of likely N-dealkylation sites (tertiary alicyclic amines) is 1. The molecule has 1 aliphatic heterocycles. The smallest absolute Gasteiger partial charge is 0.232 e. The molecule has 26 heavy (non-hydrogen) atoms. The maximum absolute atomic E-state index is 5.98. The van der Waals surface area contributed by atoms with E-state index in [0.717, 1.165) is 35.9 Å². The van der Waals surface area contributed by atoms with Gasteiger partial charge in [-0.1, -0.05) is 47.1 Å². The SMILES string of the molecule is Clc1ccc(-c2cc(N(CCN3CCCC3)c3ccccc3)on2)cc1. The zero-order valence-corrected chi connectivity index (χ0v) is 15.4. The molecule has 2 heterocycles. The highest BCUT2D eigenvalue weighted by Crippen LogP contribution is 2.30. The van der Waals surface area contributed by atoms with Gasteiger partial charge in [-0.2, -0.15) is 0 Å². The number of nitrogens with zero attached hydrogens (tertiary/aromatic N) is 3. The Kier molecular flexibility index (Phi) is 5.23. The molecule has 134 valence electrons. The second-order valence-corrected chi connectivity index (χ2v) is 7.03. The van der Waals surface area contributed by atoms with Gasteiger partial charge in [0.1, 0.15) is 5.69 Å². The van der Waals surface area contributed by atoms with E-state index in [1.165, 1.54) is 25.9 Å². The van der Waals surface area contributed by atoms with E-state index >= 15 is 0 Å². The average molecular weight is 368 g/mol. The largest absolute Gasteiger partial charge is 0.338 e. The van der Waals surface area contributed by atoms with Crippen LogP contribution in [-0.4, -0.2) is 36.2 Å². The minimum absolute atomic E-state index is 0.717. The fourth-order valence-corrected chi connectivity index (χ4v) is 3.50. The molecule has 0 saturated carbocycles. The number of anilines is 2. The molecule has 3 aromatic rings. The van der Waals surface area contributed by atoms with Crippen LogP contribution >= 0.6 is 11.6 Å². The van der Waals surface area contributed by atoms with E-state index in [4.69, 9.17) is 16.1 Å². The summed E-state index contributed by atoms with van der Waals surface area (Å²) in [5.41, 5.74) is 2.93. The van der Waals surface area contributed by atoms with Crippen LogP contribution in [0.25, 0.3) is 11.3 Å². The number of hydrogen-bond donors (Lipinski definition) is 0. The summed E-state index contributed by atoms with van der Waals surface area (Å²) in [4.78, 5) is 4.71. The fraction of sp³-hybridized carbons (Fsp3) is 0.286. The van der Waals surface area contributed by atoms with Gasteiger partial charge in [0.25, 0.3) is 0 Å². The molecule has 1 fully saturated rings. The third-order valence-electron chi connectivity index (χ3n) is 4.81. The highest BCUT2D eigenvalue weighted by atomic mass is 35.5. The summed E-state index contributed by atoms with van der Waals surface area (Å²) < 4.78 is 5.71. The van der Waals surface area contributed by atoms with Crippen LogP contribution in [-0.2, 0) is 0 Å². The number of aromatic nitrogens is 1. The lowest BCUT2D eigenvalue weighted by Gasteiger charge is -2.24. The first kappa shape index (κ1) is 17.1.